The Morgan fingerprint density at radius 3 is 3.08 bits per heavy atom. The number of ether oxygens (including phenoxy) is 1. The maximum absolute atomic E-state index is 8.65. The van der Waals surface area contributed by atoms with Gasteiger partial charge in [-0.1, -0.05) is 0 Å². The molecule has 0 aromatic heterocycles. The van der Waals surface area contributed by atoms with Gasteiger partial charge >= 0.3 is 0 Å². The highest BCUT2D eigenvalue weighted by Crippen LogP contribution is 2.18. The van der Waals surface area contributed by atoms with Crippen molar-refractivity contribution in [2.24, 2.45) is 5.92 Å². The number of hydrogen-bond acceptors (Lipinski definition) is 3. The third kappa shape index (κ3) is 3.09. The molecule has 2 unspecified atom stereocenters. The molecule has 72 valence electrons. The quantitative estimate of drug-likeness (QED) is 0.631. The van der Waals surface area contributed by atoms with Gasteiger partial charge in [0.05, 0.1) is 6.61 Å². The van der Waals surface area contributed by atoms with E-state index in [1.807, 2.05) is 0 Å². The molecule has 1 heterocycles. The Balaban J connectivity index is 2.08. The summed E-state index contributed by atoms with van der Waals surface area (Å²) in [5.74, 6) is 0.747. The van der Waals surface area contributed by atoms with E-state index in [0.717, 1.165) is 31.9 Å². The molecule has 0 spiro atoms. The molecule has 1 saturated heterocycles. The lowest BCUT2D eigenvalue weighted by Gasteiger charge is -2.08. The van der Waals surface area contributed by atoms with E-state index in [1.54, 1.807) is 7.11 Å². The average molecular weight is 173 g/mol. The lowest BCUT2D eigenvalue weighted by atomic mass is 10.0. The fourth-order valence-electron chi connectivity index (χ4n) is 1.83. The third-order valence-corrected chi connectivity index (χ3v) is 2.45. The Kier molecular flexibility index (Phi) is 4.58. The van der Waals surface area contributed by atoms with Gasteiger partial charge in [-0.05, 0) is 31.7 Å². The predicted molar refractivity (Wildman–Crippen MR) is 48.1 cm³/mol. The minimum absolute atomic E-state index is 0.325. The van der Waals surface area contributed by atoms with E-state index < -0.39 is 0 Å². The molecule has 0 radical (unpaired) electrons. The van der Waals surface area contributed by atoms with Crippen molar-refractivity contribution >= 4 is 0 Å². The Hall–Kier alpha value is -0.120. The molecule has 1 aliphatic rings. The number of aliphatic hydroxyl groups excluding tert-OH is 1. The summed E-state index contributed by atoms with van der Waals surface area (Å²) in [7, 11) is 1.74. The van der Waals surface area contributed by atoms with Gasteiger partial charge in [0.2, 0.25) is 0 Å². The van der Waals surface area contributed by atoms with Gasteiger partial charge in [0.1, 0.15) is 0 Å². The molecule has 0 aromatic rings. The van der Waals surface area contributed by atoms with Gasteiger partial charge in [-0.3, -0.25) is 0 Å². The number of rotatable bonds is 5. The Morgan fingerprint density at radius 1 is 1.58 bits per heavy atom. The summed E-state index contributed by atoms with van der Waals surface area (Å²) in [5, 5.41) is 12.1. The zero-order chi connectivity index (χ0) is 8.81. The van der Waals surface area contributed by atoms with Crippen LogP contribution in [0.3, 0.4) is 0 Å². The minimum Gasteiger partial charge on any atom is -0.396 e. The second-order valence-corrected chi connectivity index (χ2v) is 3.53. The van der Waals surface area contributed by atoms with E-state index in [1.165, 1.54) is 6.42 Å². The second-order valence-electron chi connectivity index (χ2n) is 3.53. The fraction of sp³-hybridized carbons (Fsp3) is 1.00. The van der Waals surface area contributed by atoms with Crippen LogP contribution in [0.1, 0.15) is 19.3 Å². The molecule has 0 saturated carbocycles. The number of hydrogen-bond donors (Lipinski definition) is 2. The number of methoxy groups -OCH3 is 1. The third-order valence-electron chi connectivity index (χ3n) is 2.45. The van der Waals surface area contributed by atoms with Crippen molar-refractivity contribution in [1.82, 2.24) is 5.32 Å². The first-order chi connectivity index (χ1) is 5.86. The van der Waals surface area contributed by atoms with Crippen LogP contribution in [0.5, 0.6) is 0 Å². The summed E-state index contributed by atoms with van der Waals surface area (Å²) in [6, 6.07) is 0.540. The van der Waals surface area contributed by atoms with Crippen LogP contribution in [0.25, 0.3) is 0 Å². The van der Waals surface area contributed by atoms with Crippen LogP contribution in [0, 0.1) is 5.92 Å². The van der Waals surface area contributed by atoms with E-state index in [9.17, 15) is 0 Å². The molecular formula is C9H19NO2. The van der Waals surface area contributed by atoms with Gasteiger partial charge in [-0.25, -0.2) is 0 Å². The molecule has 0 aliphatic carbocycles. The van der Waals surface area contributed by atoms with Gasteiger partial charge in [-0.15, -0.1) is 0 Å². The highest BCUT2D eigenvalue weighted by Gasteiger charge is 2.22. The topological polar surface area (TPSA) is 41.5 Å². The summed E-state index contributed by atoms with van der Waals surface area (Å²) in [4.78, 5) is 0. The standard InChI is InChI=1S/C9H19NO2/c1-12-7-9-5-8(6-10-9)3-2-4-11/h8-11H,2-7H2,1H3. The van der Waals surface area contributed by atoms with Gasteiger partial charge in [-0.2, -0.15) is 0 Å². The molecule has 1 aliphatic heterocycles. The Bertz CT molecular complexity index is 119. The largest absolute Gasteiger partial charge is 0.396 e. The molecule has 2 N–H and O–H groups in total. The molecule has 1 rings (SSSR count). The SMILES string of the molecule is COCC1CC(CCCO)CN1. The van der Waals surface area contributed by atoms with Gasteiger partial charge in [0.25, 0.3) is 0 Å². The number of nitrogens with one attached hydrogen (secondary N) is 1. The summed E-state index contributed by atoms with van der Waals surface area (Å²) in [6.07, 6.45) is 3.28. The first-order valence-corrected chi connectivity index (χ1v) is 4.70. The summed E-state index contributed by atoms with van der Waals surface area (Å²) < 4.78 is 5.07. The zero-order valence-corrected chi connectivity index (χ0v) is 7.75. The molecule has 1 fully saturated rings. The molecule has 3 heteroatoms. The van der Waals surface area contributed by atoms with Crippen molar-refractivity contribution in [2.75, 3.05) is 26.9 Å². The Morgan fingerprint density at radius 2 is 2.42 bits per heavy atom. The second kappa shape index (κ2) is 5.51. The van der Waals surface area contributed by atoms with Crippen molar-refractivity contribution in [3.05, 3.63) is 0 Å². The fourth-order valence-corrected chi connectivity index (χ4v) is 1.83. The zero-order valence-electron chi connectivity index (χ0n) is 7.75. The van der Waals surface area contributed by atoms with Gasteiger partial charge in [0.15, 0.2) is 0 Å². The molecule has 0 aromatic carbocycles. The van der Waals surface area contributed by atoms with Crippen LogP contribution in [0.15, 0.2) is 0 Å². The van der Waals surface area contributed by atoms with Crippen LogP contribution < -0.4 is 5.32 Å². The minimum atomic E-state index is 0.325. The maximum Gasteiger partial charge on any atom is 0.0615 e. The maximum atomic E-state index is 8.65. The normalized spacial score (nSPS) is 29.5. The van der Waals surface area contributed by atoms with Gasteiger partial charge in [0, 0.05) is 19.8 Å². The van der Waals surface area contributed by atoms with Gasteiger partial charge < -0.3 is 15.2 Å². The monoisotopic (exact) mass is 173 g/mol. The predicted octanol–water partition coefficient (Wildman–Crippen LogP) is 0.383. The molecule has 2 atom stereocenters. The van der Waals surface area contributed by atoms with E-state index >= 15 is 0 Å². The number of aliphatic hydroxyl groups is 1. The van der Waals surface area contributed by atoms with Crippen molar-refractivity contribution in [2.45, 2.75) is 25.3 Å². The lowest BCUT2D eigenvalue weighted by molar-refractivity contribution is 0.172. The lowest BCUT2D eigenvalue weighted by Crippen LogP contribution is -2.25. The van der Waals surface area contributed by atoms with Crippen LogP contribution in [0.2, 0.25) is 0 Å². The summed E-state index contributed by atoms with van der Waals surface area (Å²) in [5.41, 5.74) is 0. The van der Waals surface area contributed by atoms with Crippen molar-refractivity contribution < 1.29 is 9.84 Å². The van der Waals surface area contributed by atoms with E-state index in [4.69, 9.17) is 9.84 Å². The van der Waals surface area contributed by atoms with E-state index in [0.29, 0.717) is 12.6 Å². The first kappa shape index (κ1) is 9.96. The summed E-state index contributed by atoms with van der Waals surface area (Å²) >= 11 is 0. The van der Waals surface area contributed by atoms with Crippen LogP contribution in [0.4, 0.5) is 0 Å². The van der Waals surface area contributed by atoms with Crippen LogP contribution in [-0.2, 0) is 4.74 Å². The highest BCUT2D eigenvalue weighted by atomic mass is 16.5. The van der Waals surface area contributed by atoms with E-state index in [2.05, 4.69) is 5.32 Å². The smallest absolute Gasteiger partial charge is 0.0615 e. The van der Waals surface area contributed by atoms with Crippen LogP contribution in [-0.4, -0.2) is 38.0 Å². The highest BCUT2D eigenvalue weighted by molar-refractivity contribution is 4.80. The average Bonchev–Trinajstić information content (AvgIpc) is 2.50. The molecule has 12 heavy (non-hydrogen) atoms. The Labute approximate surface area is 74.1 Å². The molecule has 0 bridgehead atoms. The van der Waals surface area contributed by atoms with Crippen molar-refractivity contribution in [3.8, 4) is 0 Å². The molecule has 0 amide bonds. The van der Waals surface area contributed by atoms with Crippen LogP contribution >= 0.6 is 0 Å². The molecular weight excluding hydrogens is 154 g/mol. The van der Waals surface area contributed by atoms with Crippen molar-refractivity contribution in [1.29, 1.82) is 0 Å². The first-order valence-electron chi connectivity index (χ1n) is 4.70. The summed E-state index contributed by atoms with van der Waals surface area (Å²) in [6.45, 7) is 2.23. The van der Waals surface area contributed by atoms with E-state index in [-0.39, 0.29) is 0 Å². The van der Waals surface area contributed by atoms with Crippen molar-refractivity contribution in [3.63, 3.8) is 0 Å². The molecule has 3 nitrogen and oxygen atoms in total.